The maximum atomic E-state index is 14.4. The third-order valence-corrected chi connectivity index (χ3v) is 6.80. The molecule has 0 spiro atoms. The molecule has 0 radical (unpaired) electrons. The minimum Gasteiger partial charge on any atom is -0.493 e. The number of anilines is 1. The molecule has 0 bridgehead atoms. The molecule has 13 heteroatoms. The van der Waals surface area contributed by atoms with Crippen molar-refractivity contribution in [2.24, 2.45) is 4.99 Å². The van der Waals surface area contributed by atoms with Crippen molar-refractivity contribution < 1.29 is 23.5 Å². The fourth-order valence-electron chi connectivity index (χ4n) is 4.37. The highest BCUT2D eigenvalue weighted by atomic mass is 35.5. The van der Waals surface area contributed by atoms with Gasteiger partial charge in [0.15, 0.2) is 11.4 Å². The van der Waals surface area contributed by atoms with Crippen molar-refractivity contribution in [3.8, 4) is 11.6 Å². The number of amides is 2. The van der Waals surface area contributed by atoms with Crippen molar-refractivity contribution in [1.29, 1.82) is 0 Å². The second-order valence-electron chi connectivity index (χ2n) is 9.77. The van der Waals surface area contributed by atoms with Crippen LogP contribution in [0.5, 0.6) is 11.6 Å². The SMILES string of the molecule is CCOc1cc(Cl)cc(Cl)c1C1=NC(NC(=O)c2cc(F)cnc2OC(C)(C)c2ncccn2)C(=O)Nc2ccccc21. The first-order chi connectivity index (χ1) is 20.6. The van der Waals surface area contributed by atoms with Crippen LogP contribution in [0.25, 0.3) is 0 Å². The predicted molar refractivity (Wildman–Crippen MR) is 159 cm³/mol. The number of carbonyl (C=O) groups excluding carboxylic acids is 2. The van der Waals surface area contributed by atoms with Gasteiger partial charge in [0.2, 0.25) is 12.0 Å². The lowest BCUT2D eigenvalue weighted by Gasteiger charge is -2.25. The van der Waals surface area contributed by atoms with Crippen molar-refractivity contribution in [2.75, 3.05) is 11.9 Å². The van der Waals surface area contributed by atoms with E-state index in [0.29, 0.717) is 40.0 Å². The van der Waals surface area contributed by atoms with E-state index in [2.05, 4.69) is 30.6 Å². The molecule has 10 nitrogen and oxygen atoms in total. The topological polar surface area (TPSA) is 128 Å². The van der Waals surface area contributed by atoms with E-state index < -0.39 is 29.4 Å². The third kappa shape index (κ3) is 6.42. The van der Waals surface area contributed by atoms with Crippen LogP contribution >= 0.6 is 23.2 Å². The lowest BCUT2D eigenvalue weighted by atomic mass is 9.99. The van der Waals surface area contributed by atoms with Crippen molar-refractivity contribution >= 4 is 46.4 Å². The van der Waals surface area contributed by atoms with Gasteiger partial charge in [-0.25, -0.2) is 24.3 Å². The van der Waals surface area contributed by atoms with Gasteiger partial charge in [-0.05, 0) is 51.1 Å². The van der Waals surface area contributed by atoms with Crippen LogP contribution in [0.2, 0.25) is 10.0 Å². The summed E-state index contributed by atoms with van der Waals surface area (Å²) < 4.78 is 26.2. The number of benzodiazepines with no additional fused rings is 1. The van der Waals surface area contributed by atoms with Crippen molar-refractivity contribution in [3.63, 3.8) is 0 Å². The van der Waals surface area contributed by atoms with Gasteiger partial charge in [-0.15, -0.1) is 0 Å². The van der Waals surface area contributed by atoms with Crippen LogP contribution < -0.4 is 20.1 Å². The minimum atomic E-state index is -1.47. The number of aromatic nitrogens is 3. The Balaban J connectivity index is 1.55. The first kappa shape index (κ1) is 29.9. The Morgan fingerprint density at radius 2 is 1.84 bits per heavy atom. The van der Waals surface area contributed by atoms with Gasteiger partial charge in [0.1, 0.15) is 17.1 Å². The molecule has 1 aliphatic heterocycles. The third-order valence-electron chi connectivity index (χ3n) is 6.29. The predicted octanol–water partition coefficient (Wildman–Crippen LogP) is 5.58. The fourth-order valence-corrected chi connectivity index (χ4v) is 4.94. The number of hydrogen-bond donors (Lipinski definition) is 2. The van der Waals surface area contributed by atoms with Crippen LogP contribution in [0.3, 0.4) is 0 Å². The summed E-state index contributed by atoms with van der Waals surface area (Å²) in [6.07, 6.45) is 2.53. The second-order valence-corrected chi connectivity index (χ2v) is 10.6. The van der Waals surface area contributed by atoms with Crippen molar-refractivity contribution in [1.82, 2.24) is 20.3 Å². The number of pyridine rings is 1. The molecular formula is C30H25Cl2FN6O4. The van der Waals surface area contributed by atoms with Gasteiger partial charge < -0.3 is 20.1 Å². The zero-order valence-electron chi connectivity index (χ0n) is 23.2. The Kier molecular flexibility index (Phi) is 8.56. The molecule has 5 rings (SSSR count). The molecule has 43 heavy (non-hydrogen) atoms. The van der Waals surface area contributed by atoms with E-state index >= 15 is 0 Å². The lowest BCUT2D eigenvalue weighted by Crippen LogP contribution is -2.42. The van der Waals surface area contributed by atoms with Gasteiger partial charge in [0.25, 0.3) is 11.8 Å². The Bertz CT molecular complexity index is 1740. The van der Waals surface area contributed by atoms with Crippen LogP contribution in [0.15, 0.2) is 72.1 Å². The van der Waals surface area contributed by atoms with E-state index in [1.54, 1.807) is 69.6 Å². The lowest BCUT2D eigenvalue weighted by molar-refractivity contribution is -0.117. The average Bonchev–Trinajstić information content (AvgIpc) is 3.10. The van der Waals surface area contributed by atoms with Crippen molar-refractivity contribution in [3.05, 3.63) is 105 Å². The minimum absolute atomic E-state index is 0.197. The van der Waals surface area contributed by atoms with E-state index in [1.807, 2.05) is 0 Å². The summed E-state index contributed by atoms with van der Waals surface area (Å²) in [5.41, 5.74) is 0.179. The number of fused-ring (bicyclic) bond motifs is 1. The van der Waals surface area contributed by atoms with Crippen LogP contribution in [-0.2, 0) is 10.4 Å². The van der Waals surface area contributed by atoms with Gasteiger partial charge >= 0.3 is 0 Å². The maximum absolute atomic E-state index is 14.4. The van der Waals surface area contributed by atoms with E-state index in [1.165, 1.54) is 6.07 Å². The van der Waals surface area contributed by atoms with Crippen molar-refractivity contribution in [2.45, 2.75) is 32.5 Å². The number of para-hydroxylation sites is 1. The summed E-state index contributed by atoms with van der Waals surface area (Å²) in [7, 11) is 0. The monoisotopic (exact) mass is 622 g/mol. The first-order valence-corrected chi connectivity index (χ1v) is 13.9. The van der Waals surface area contributed by atoms with E-state index in [0.717, 1.165) is 12.3 Å². The van der Waals surface area contributed by atoms with Gasteiger partial charge in [-0.3, -0.25) is 9.59 Å². The first-order valence-electron chi connectivity index (χ1n) is 13.1. The summed E-state index contributed by atoms with van der Waals surface area (Å²) >= 11 is 12.9. The molecule has 3 heterocycles. The van der Waals surface area contributed by atoms with E-state index in [4.69, 9.17) is 32.7 Å². The normalized spacial score (nSPS) is 14.6. The highest BCUT2D eigenvalue weighted by Gasteiger charge is 2.33. The quantitative estimate of drug-likeness (QED) is 0.263. The van der Waals surface area contributed by atoms with Crippen LogP contribution in [0, 0.1) is 5.82 Å². The second kappa shape index (κ2) is 12.3. The smallest absolute Gasteiger partial charge is 0.269 e. The van der Waals surface area contributed by atoms with E-state index in [9.17, 15) is 14.0 Å². The summed E-state index contributed by atoms with van der Waals surface area (Å²) in [5.74, 6) is -1.85. The Morgan fingerprint density at radius 1 is 1.09 bits per heavy atom. The molecule has 2 amide bonds. The molecule has 2 N–H and O–H groups in total. The molecule has 2 aromatic heterocycles. The largest absolute Gasteiger partial charge is 0.493 e. The molecule has 0 saturated heterocycles. The molecule has 1 aliphatic rings. The standard InChI is InChI=1S/C30H25Cl2FN6O4/c1-4-42-22-13-16(31)12-20(32)23(22)24-18-8-5-6-9-21(18)37-27(41)25(38-24)39-26(40)19-14-17(33)15-36-28(19)43-30(2,3)29-34-10-7-11-35-29/h5-15,25H,4H2,1-3H3,(H,37,41)(H,39,40). The summed E-state index contributed by atoms with van der Waals surface area (Å²) in [5, 5.41) is 5.91. The Labute approximate surface area is 256 Å². The summed E-state index contributed by atoms with van der Waals surface area (Å²) in [4.78, 5) is 44.0. The van der Waals surface area contributed by atoms with E-state index in [-0.39, 0.29) is 22.2 Å². The van der Waals surface area contributed by atoms with Crippen LogP contribution in [0.1, 0.15) is 48.1 Å². The number of nitrogens with zero attached hydrogens (tertiary/aromatic N) is 4. The molecule has 1 unspecified atom stereocenters. The average molecular weight is 623 g/mol. The van der Waals surface area contributed by atoms with Crippen LogP contribution in [-0.4, -0.2) is 45.3 Å². The number of rotatable bonds is 8. The summed E-state index contributed by atoms with van der Waals surface area (Å²) in [6, 6.07) is 12.7. The number of hydrogen-bond acceptors (Lipinski definition) is 8. The zero-order chi connectivity index (χ0) is 30.7. The maximum Gasteiger partial charge on any atom is 0.269 e. The zero-order valence-corrected chi connectivity index (χ0v) is 24.7. The molecule has 0 aliphatic carbocycles. The molecule has 2 aromatic carbocycles. The molecule has 220 valence electrons. The summed E-state index contributed by atoms with van der Waals surface area (Å²) in [6.45, 7) is 5.45. The van der Waals surface area contributed by atoms with Gasteiger partial charge in [0, 0.05) is 23.0 Å². The molecule has 1 atom stereocenters. The highest BCUT2D eigenvalue weighted by Crippen LogP contribution is 2.36. The number of aliphatic imine (C=N–C) groups is 1. The number of benzene rings is 2. The van der Waals surface area contributed by atoms with Gasteiger partial charge in [0.05, 0.1) is 34.8 Å². The highest BCUT2D eigenvalue weighted by molar-refractivity contribution is 6.39. The molecular weight excluding hydrogens is 598 g/mol. The van der Waals surface area contributed by atoms with Gasteiger partial charge in [-0.1, -0.05) is 41.4 Å². The Hall–Kier alpha value is -4.61. The molecule has 4 aromatic rings. The Morgan fingerprint density at radius 3 is 2.58 bits per heavy atom. The van der Waals surface area contributed by atoms with Gasteiger partial charge in [-0.2, -0.15) is 0 Å². The number of halogens is 3. The number of nitrogens with one attached hydrogen (secondary N) is 2. The molecule has 0 fully saturated rings. The molecule has 0 saturated carbocycles. The fraction of sp³-hybridized carbons (Fsp3) is 0.200. The number of carbonyl (C=O) groups is 2. The van der Waals surface area contributed by atoms with Crippen LogP contribution in [0.4, 0.5) is 10.1 Å². The number of ether oxygens (including phenoxy) is 2.